The van der Waals surface area contributed by atoms with Gasteiger partial charge in [0.15, 0.2) is 0 Å². The second-order valence-corrected chi connectivity index (χ2v) is 8.68. The molecule has 0 radical (unpaired) electrons. The van der Waals surface area contributed by atoms with Crippen molar-refractivity contribution in [3.05, 3.63) is 0 Å². The van der Waals surface area contributed by atoms with E-state index in [-0.39, 0.29) is 6.54 Å². The van der Waals surface area contributed by atoms with Crippen LogP contribution in [-0.2, 0) is 14.8 Å². The third-order valence-corrected chi connectivity index (χ3v) is 6.33. The van der Waals surface area contributed by atoms with Crippen LogP contribution in [0.3, 0.4) is 0 Å². The van der Waals surface area contributed by atoms with Crippen LogP contribution >= 0.6 is 0 Å². The summed E-state index contributed by atoms with van der Waals surface area (Å²) < 4.78 is 25.2. The molecule has 6 heteroatoms. The first kappa shape index (κ1) is 15.4. The molecule has 0 saturated carbocycles. The van der Waals surface area contributed by atoms with Crippen LogP contribution in [0.25, 0.3) is 0 Å². The summed E-state index contributed by atoms with van der Waals surface area (Å²) in [6, 6.07) is 0. The molecule has 0 aromatic heterocycles. The Morgan fingerprint density at radius 2 is 1.94 bits per heavy atom. The minimum atomic E-state index is -3.44. The maximum atomic E-state index is 12.4. The van der Waals surface area contributed by atoms with E-state index in [0.29, 0.717) is 25.8 Å². The first-order valence-electron chi connectivity index (χ1n) is 6.30. The largest absolute Gasteiger partial charge is 0.481 e. The molecule has 106 valence electrons. The quantitative estimate of drug-likeness (QED) is 0.852. The van der Waals surface area contributed by atoms with Crippen LogP contribution in [0.5, 0.6) is 0 Å². The van der Waals surface area contributed by atoms with Gasteiger partial charge in [0.05, 0.1) is 10.2 Å². The van der Waals surface area contributed by atoms with E-state index in [2.05, 4.69) is 0 Å². The number of aliphatic carboxylic acids is 1. The van der Waals surface area contributed by atoms with Gasteiger partial charge in [-0.3, -0.25) is 4.79 Å². The number of carbonyl (C=O) groups is 1. The zero-order valence-electron chi connectivity index (χ0n) is 11.6. The highest BCUT2D eigenvalue weighted by molar-refractivity contribution is 7.90. The van der Waals surface area contributed by atoms with E-state index in [1.807, 2.05) is 0 Å². The Hall–Kier alpha value is -0.620. The summed E-state index contributed by atoms with van der Waals surface area (Å²) in [5.41, 5.74) is -0.920. The van der Waals surface area contributed by atoms with Crippen molar-refractivity contribution in [2.45, 2.75) is 51.7 Å². The summed E-state index contributed by atoms with van der Waals surface area (Å²) in [7, 11) is -3.44. The summed E-state index contributed by atoms with van der Waals surface area (Å²) in [6.07, 6.45) is 1.61. The van der Waals surface area contributed by atoms with E-state index in [9.17, 15) is 18.3 Å². The Morgan fingerprint density at radius 3 is 2.33 bits per heavy atom. The van der Waals surface area contributed by atoms with Crippen molar-refractivity contribution in [2.24, 2.45) is 5.41 Å². The average Bonchev–Trinajstić information content (AvgIpc) is 2.27. The predicted molar refractivity (Wildman–Crippen MR) is 69.8 cm³/mol. The van der Waals surface area contributed by atoms with Crippen molar-refractivity contribution in [2.75, 3.05) is 13.1 Å². The lowest BCUT2D eigenvalue weighted by Gasteiger charge is -2.41. The molecule has 5 nitrogen and oxygen atoms in total. The zero-order valence-corrected chi connectivity index (χ0v) is 12.4. The third kappa shape index (κ3) is 2.54. The van der Waals surface area contributed by atoms with E-state index >= 15 is 0 Å². The van der Waals surface area contributed by atoms with Gasteiger partial charge in [0.2, 0.25) is 10.0 Å². The Balaban J connectivity index is 3.05. The molecule has 1 heterocycles. The first-order chi connectivity index (χ1) is 8.07. The minimum Gasteiger partial charge on any atom is -0.481 e. The fourth-order valence-electron chi connectivity index (χ4n) is 2.30. The van der Waals surface area contributed by atoms with Crippen molar-refractivity contribution in [3.63, 3.8) is 0 Å². The monoisotopic (exact) mass is 277 g/mol. The molecule has 0 aliphatic carbocycles. The van der Waals surface area contributed by atoms with Gasteiger partial charge < -0.3 is 5.11 Å². The van der Waals surface area contributed by atoms with Crippen molar-refractivity contribution < 1.29 is 18.3 Å². The van der Waals surface area contributed by atoms with Crippen LogP contribution in [0.2, 0.25) is 0 Å². The molecule has 0 spiro atoms. The molecule has 1 fully saturated rings. The highest BCUT2D eigenvalue weighted by atomic mass is 32.2. The van der Waals surface area contributed by atoms with Crippen LogP contribution in [0.1, 0.15) is 47.0 Å². The second kappa shape index (κ2) is 4.81. The van der Waals surface area contributed by atoms with Gasteiger partial charge in [-0.2, -0.15) is 0 Å². The predicted octanol–water partition coefficient (Wildman–Crippen LogP) is 1.69. The zero-order chi connectivity index (χ0) is 14.2. The summed E-state index contributed by atoms with van der Waals surface area (Å²) >= 11 is 0. The molecule has 0 aromatic rings. The summed E-state index contributed by atoms with van der Waals surface area (Å²) in [6.45, 7) is 7.26. The van der Waals surface area contributed by atoms with Crippen molar-refractivity contribution in [1.29, 1.82) is 0 Å². The molecule has 1 rings (SSSR count). The van der Waals surface area contributed by atoms with Gasteiger partial charge in [-0.05, 0) is 40.0 Å². The Bertz CT molecular complexity index is 424. The van der Waals surface area contributed by atoms with Crippen molar-refractivity contribution in [3.8, 4) is 0 Å². The molecule has 1 saturated heterocycles. The van der Waals surface area contributed by atoms with Gasteiger partial charge in [-0.1, -0.05) is 6.92 Å². The SMILES string of the molecule is CCC1(C(=O)O)CCCN(S(=O)(=O)C(C)(C)C)C1. The molecular weight excluding hydrogens is 254 g/mol. The molecule has 0 aromatic carbocycles. The van der Waals surface area contributed by atoms with E-state index in [4.69, 9.17) is 0 Å². The number of nitrogens with zero attached hydrogens (tertiary/aromatic N) is 1. The second-order valence-electron chi connectivity index (χ2n) is 5.99. The third-order valence-electron chi connectivity index (χ3n) is 3.79. The molecule has 1 N–H and O–H groups in total. The van der Waals surface area contributed by atoms with Gasteiger partial charge in [0.1, 0.15) is 0 Å². The Morgan fingerprint density at radius 1 is 1.39 bits per heavy atom. The molecular formula is C12H23NO4S. The van der Waals surface area contributed by atoms with E-state index < -0.39 is 26.2 Å². The number of hydrogen-bond donors (Lipinski definition) is 1. The van der Waals surface area contributed by atoms with E-state index in [1.54, 1.807) is 27.7 Å². The molecule has 1 aliphatic heterocycles. The fraction of sp³-hybridized carbons (Fsp3) is 0.917. The molecule has 1 atom stereocenters. The van der Waals surface area contributed by atoms with E-state index in [0.717, 1.165) is 0 Å². The van der Waals surface area contributed by atoms with Gasteiger partial charge >= 0.3 is 5.97 Å². The molecule has 18 heavy (non-hydrogen) atoms. The summed E-state index contributed by atoms with van der Waals surface area (Å²) in [5.74, 6) is -0.890. The van der Waals surface area contributed by atoms with Crippen molar-refractivity contribution >= 4 is 16.0 Å². The number of piperidine rings is 1. The van der Waals surface area contributed by atoms with Crippen LogP contribution in [-0.4, -0.2) is 41.6 Å². The maximum Gasteiger partial charge on any atom is 0.310 e. The standard InChI is InChI=1S/C12H23NO4S/c1-5-12(10(14)15)7-6-8-13(9-12)18(16,17)11(2,3)4/h5-9H2,1-4H3,(H,14,15). The Kier molecular flexibility index (Phi) is 4.13. The van der Waals surface area contributed by atoms with Gasteiger partial charge in [-0.25, -0.2) is 12.7 Å². The van der Waals surface area contributed by atoms with Crippen LogP contribution in [0.4, 0.5) is 0 Å². The van der Waals surface area contributed by atoms with Gasteiger partial charge in [-0.15, -0.1) is 0 Å². The number of hydrogen-bond acceptors (Lipinski definition) is 3. The lowest BCUT2D eigenvalue weighted by atomic mass is 9.78. The van der Waals surface area contributed by atoms with Gasteiger partial charge in [0, 0.05) is 13.1 Å². The number of rotatable bonds is 3. The van der Waals surface area contributed by atoms with Gasteiger partial charge in [0.25, 0.3) is 0 Å². The fourth-order valence-corrected chi connectivity index (χ4v) is 3.86. The van der Waals surface area contributed by atoms with Crippen LogP contribution in [0, 0.1) is 5.41 Å². The lowest BCUT2D eigenvalue weighted by molar-refractivity contribution is -0.151. The summed E-state index contributed by atoms with van der Waals surface area (Å²) in [5, 5.41) is 9.35. The maximum absolute atomic E-state index is 12.4. The lowest BCUT2D eigenvalue weighted by Crippen LogP contribution is -2.53. The Labute approximate surface area is 109 Å². The first-order valence-corrected chi connectivity index (χ1v) is 7.74. The summed E-state index contributed by atoms with van der Waals surface area (Å²) in [4.78, 5) is 11.4. The van der Waals surface area contributed by atoms with Crippen LogP contribution < -0.4 is 0 Å². The molecule has 1 aliphatic rings. The number of carboxylic acids is 1. The number of sulfonamides is 1. The molecule has 0 amide bonds. The molecule has 1 unspecified atom stereocenters. The van der Waals surface area contributed by atoms with Crippen LogP contribution in [0.15, 0.2) is 0 Å². The van der Waals surface area contributed by atoms with Crippen molar-refractivity contribution in [1.82, 2.24) is 4.31 Å². The average molecular weight is 277 g/mol. The van der Waals surface area contributed by atoms with E-state index in [1.165, 1.54) is 4.31 Å². The highest BCUT2D eigenvalue weighted by Crippen LogP contribution is 2.36. The smallest absolute Gasteiger partial charge is 0.310 e. The topological polar surface area (TPSA) is 74.7 Å². The highest BCUT2D eigenvalue weighted by Gasteiger charge is 2.46. The minimum absolute atomic E-state index is 0.0957. The molecule has 0 bridgehead atoms. The normalized spacial score (nSPS) is 27.1. The number of carboxylic acid groups (broad SMARTS) is 1.